The molecule has 1 aliphatic carbocycles. The molecule has 1 aromatic heterocycles. The molecule has 1 N–H and O–H groups in total. The summed E-state index contributed by atoms with van der Waals surface area (Å²) in [4.78, 5) is 43.0. The fourth-order valence-electron chi connectivity index (χ4n) is 3.95. The van der Waals surface area contributed by atoms with Gasteiger partial charge in [0.15, 0.2) is 0 Å². The van der Waals surface area contributed by atoms with Crippen LogP contribution in [0, 0.1) is 0 Å². The molecule has 1 saturated carbocycles. The number of carbonyl (C=O) groups is 3. The Labute approximate surface area is 165 Å². The summed E-state index contributed by atoms with van der Waals surface area (Å²) in [6, 6.07) is 8.57. The Morgan fingerprint density at radius 2 is 1.79 bits per heavy atom. The van der Waals surface area contributed by atoms with Crippen molar-refractivity contribution in [2.24, 2.45) is 7.05 Å². The van der Waals surface area contributed by atoms with Gasteiger partial charge in [-0.25, -0.2) is 18.6 Å². The quantitative estimate of drug-likeness (QED) is 0.630. The molecule has 9 heteroatoms. The van der Waals surface area contributed by atoms with E-state index in [0.717, 1.165) is 10.5 Å². The van der Waals surface area contributed by atoms with Crippen LogP contribution in [-0.2, 0) is 11.8 Å². The molecular formula is C20H20F2N4O3. The maximum absolute atomic E-state index is 13.5. The van der Waals surface area contributed by atoms with Crippen molar-refractivity contribution in [2.45, 2.75) is 37.1 Å². The van der Waals surface area contributed by atoms with E-state index >= 15 is 0 Å². The van der Waals surface area contributed by atoms with Gasteiger partial charge < -0.3 is 9.88 Å². The van der Waals surface area contributed by atoms with E-state index in [1.54, 1.807) is 11.6 Å². The summed E-state index contributed by atoms with van der Waals surface area (Å²) >= 11 is 0. The Hall–Kier alpha value is -3.10. The van der Waals surface area contributed by atoms with Crippen LogP contribution in [0.5, 0.6) is 0 Å². The molecule has 3 amide bonds. The van der Waals surface area contributed by atoms with Crippen molar-refractivity contribution in [3.05, 3.63) is 42.2 Å². The van der Waals surface area contributed by atoms with Gasteiger partial charge in [-0.1, -0.05) is 30.3 Å². The highest BCUT2D eigenvalue weighted by atomic mass is 19.3. The summed E-state index contributed by atoms with van der Waals surface area (Å²) in [5.41, 5.74) is -0.257. The van der Waals surface area contributed by atoms with Crippen LogP contribution in [0.2, 0.25) is 0 Å². The number of amides is 3. The minimum absolute atomic E-state index is 0.140. The topological polar surface area (TPSA) is 84.3 Å². The predicted molar refractivity (Wildman–Crippen MR) is 99.4 cm³/mol. The maximum atomic E-state index is 13.5. The first kappa shape index (κ1) is 19.2. The highest BCUT2D eigenvalue weighted by Crippen LogP contribution is 2.41. The Morgan fingerprint density at radius 1 is 1.14 bits per heavy atom. The number of carbonyl (C=O) groups excluding carboxylic acids is 3. The second-order valence-corrected chi connectivity index (χ2v) is 7.57. The lowest BCUT2D eigenvalue weighted by molar-refractivity contribution is -0.135. The van der Waals surface area contributed by atoms with Gasteiger partial charge in [0.25, 0.3) is 5.91 Å². The molecule has 2 aromatic rings. The molecule has 7 nitrogen and oxygen atoms in total. The van der Waals surface area contributed by atoms with Crippen molar-refractivity contribution in [1.29, 1.82) is 0 Å². The molecule has 0 unspecified atom stereocenters. The number of hydrogen-bond acceptors (Lipinski definition) is 4. The van der Waals surface area contributed by atoms with Crippen LogP contribution in [0.25, 0.3) is 11.4 Å². The molecule has 29 heavy (non-hydrogen) atoms. The number of ketones is 1. The van der Waals surface area contributed by atoms with E-state index in [1.165, 1.54) is 6.20 Å². The van der Waals surface area contributed by atoms with Crippen LogP contribution < -0.4 is 5.32 Å². The zero-order chi connectivity index (χ0) is 20.8. The smallest absolute Gasteiger partial charge is 0.325 e. The van der Waals surface area contributed by atoms with E-state index in [4.69, 9.17) is 0 Å². The number of imide groups is 1. The number of benzene rings is 1. The van der Waals surface area contributed by atoms with Gasteiger partial charge in [-0.05, 0) is 12.8 Å². The summed E-state index contributed by atoms with van der Waals surface area (Å²) in [6.07, 6.45) is 0.185. The molecule has 2 fully saturated rings. The van der Waals surface area contributed by atoms with Crippen molar-refractivity contribution in [2.75, 3.05) is 6.54 Å². The highest BCUT2D eigenvalue weighted by molar-refractivity contribution is 6.11. The van der Waals surface area contributed by atoms with Crippen molar-refractivity contribution in [3.8, 4) is 11.4 Å². The van der Waals surface area contributed by atoms with E-state index in [9.17, 15) is 23.2 Å². The Morgan fingerprint density at radius 3 is 2.45 bits per heavy atom. The largest absolute Gasteiger partial charge is 0.325 e. The molecule has 1 aliphatic heterocycles. The fourth-order valence-corrected chi connectivity index (χ4v) is 3.95. The second kappa shape index (κ2) is 6.75. The monoisotopic (exact) mass is 402 g/mol. The predicted octanol–water partition coefficient (Wildman–Crippen LogP) is 2.77. The number of Topliss-reactive ketones (excluding diaryl/α,β-unsaturated/α-hetero) is 1. The van der Waals surface area contributed by atoms with E-state index < -0.39 is 48.6 Å². The van der Waals surface area contributed by atoms with E-state index in [2.05, 4.69) is 10.3 Å². The van der Waals surface area contributed by atoms with Crippen LogP contribution in [0.3, 0.4) is 0 Å². The first-order valence-corrected chi connectivity index (χ1v) is 9.35. The van der Waals surface area contributed by atoms with Gasteiger partial charge in [-0.3, -0.25) is 14.5 Å². The molecule has 152 valence electrons. The summed E-state index contributed by atoms with van der Waals surface area (Å²) in [5.74, 6) is -3.32. The highest BCUT2D eigenvalue weighted by Gasteiger charge is 2.55. The second-order valence-electron chi connectivity index (χ2n) is 7.57. The molecule has 2 heterocycles. The summed E-state index contributed by atoms with van der Waals surface area (Å²) in [7, 11) is 1.68. The van der Waals surface area contributed by atoms with Crippen LogP contribution in [0.15, 0.2) is 36.5 Å². The number of aromatic nitrogens is 2. The number of urea groups is 1. The zero-order valence-electron chi connectivity index (χ0n) is 15.8. The summed E-state index contributed by atoms with van der Waals surface area (Å²) < 4.78 is 28.6. The van der Waals surface area contributed by atoms with Gasteiger partial charge in [0.1, 0.15) is 17.1 Å². The van der Waals surface area contributed by atoms with Crippen LogP contribution >= 0.6 is 0 Å². The molecule has 4 rings (SSSR count). The zero-order valence-corrected chi connectivity index (χ0v) is 15.8. The Kier molecular flexibility index (Phi) is 4.48. The minimum Gasteiger partial charge on any atom is -0.325 e. The average Bonchev–Trinajstić information content (AvgIpc) is 3.18. The lowest BCUT2D eigenvalue weighted by Gasteiger charge is -2.34. The molecule has 1 aromatic carbocycles. The minimum atomic E-state index is -2.83. The number of imidazole rings is 1. The summed E-state index contributed by atoms with van der Waals surface area (Å²) in [5, 5.41) is 2.54. The molecule has 1 spiro atoms. The number of nitrogens with zero attached hydrogens (tertiary/aromatic N) is 3. The lowest BCUT2D eigenvalue weighted by Crippen LogP contribution is -2.51. The number of halogens is 2. The number of alkyl halides is 2. The van der Waals surface area contributed by atoms with Gasteiger partial charge >= 0.3 is 6.03 Å². The third-order valence-electron chi connectivity index (χ3n) is 5.69. The molecule has 1 saturated heterocycles. The standard InChI is InChI=1S/C20H20F2N4O3/c1-25-14(11-23-16(25)13-5-3-2-4-6-13)15(27)12-26-17(28)19(24-18(26)29)7-9-20(21,22)10-8-19/h2-6,11H,7-10,12H2,1H3,(H,24,29). The van der Waals surface area contributed by atoms with Crippen LogP contribution in [0.1, 0.15) is 36.2 Å². The van der Waals surface area contributed by atoms with Crippen LogP contribution in [-0.4, -0.2) is 50.2 Å². The summed E-state index contributed by atoms with van der Waals surface area (Å²) in [6.45, 7) is -0.462. The average molecular weight is 402 g/mol. The first-order chi connectivity index (χ1) is 13.7. The fraction of sp³-hybridized carbons (Fsp3) is 0.400. The Bertz CT molecular complexity index is 977. The third kappa shape index (κ3) is 3.30. The van der Waals surface area contributed by atoms with Gasteiger partial charge in [0.2, 0.25) is 11.7 Å². The lowest BCUT2D eigenvalue weighted by atomic mass is 9.80. The van der Waals surface area contributed by atoms with Crippen molar-refractivity contribution < 1.29 is 23.2 Å². The third-order valence-corrected chi connectivity index (χ3v) is 5.69. The van der Waals surface area contributed by atoms with E-state index in [1.807, 2.05) is 30.3 Å². The normalized spacial score (nSPS) is 20.2. The van der Waals surface area contributed by atoms with Gasteiger partial charge in [-0.15, -0.1) is 0 Å². The maximum Gasteiger partial charge on any atom is 0.325 e. The van der Waals surface area contributed by atoms with Crippen molar-refractivity contribution in [3.63, 3.8) is 0 Å². The van der Waals surface area contributed by atoms with E-state index in [-0.39, 0.29) is 18.5 Å². The van der Waals surface area contributed by atoms with Gasteiger partial charge in [0, 0.05) is 25.5 Å². The SMILES string of the molecule is Cn1c(C(=O)CN2C(=O)NC3(CCC(F)(F)CC3)C2=O)cnc1-c1ccccc1. The van der Waals surface area contributed by atoms with Crippen molar-refractivity contribution in [1.82, 2.24) is 19.8 Å². The molecule has 2 aliphatic rings. The molecule has 0 atom stereocenters. The van der Waals surface area contributed by atoms with Crippen molar-refractivity contribution >= 4 is 17.7 Å². The first-order valence-electron chi connectivity index (χ1n) is 9.35. The number of nitrogens with one attached hydrogen (secondary N) is 1. The van der Waals surface area contributed by atoms with Gasteiger partial charge in [-0.2, -0.15) is 0 Å². The number of hydrogen-bond donors (Lipinski definition) is 1. The molecule has 0 radical (unpaired) electrons. The molecular weight excluding hydrogens is 382 g/mol. The van der Waals surface area contributed by atoms with E-state index in [0.29, 0.717) is 5.82 Å². The van der Waals surface area contributed by atoms with Crippen LogP contribution in [0.4, 0.5) is 13.6 Å². The van der Waals surface area contributed by atoms with Gasteiger partial charge in [0.05, 0.1) is 12.7 Å². The number of rotatable bonds is 4. The molecule has 0 bridgehead atoms. The Balaban J connectivity index is 1.51.